The second-order valence-electron chi connectivity index (χ2n) is 5.42. The second-order valence-corrected chi connectivity index (χ2v) is 5.83. The van der Waals surface area contributed by atoms with Crippen molar-refractivity contribution in [3.63, 3.8) is 0 Å². The zero-order chi connectivity index (χ0) is 19.2. The molecule has 0 unspecified atom stereocenters. The van der Waals surface area contributed by atoms with Crippen LogP contribution in [0.3, 0.4) is 0 Å². The molecular weight excluding hydrogens is 368 g/mol. The van der Waals surface area contributed by atoms with Crippen LogP contribution in [0.5, 0.6) is 0 Å². The normalized spacial score (nSPS) is 10.1. The van der Waals surface area contributed by atoms with Crippen LogP contribution in [0.4, 0.5) is 17.2 Å². The first-order valence-electron chi connectivity index (χ1n) is 7.90. The maximum Gasteiger partial charge on any atom is 0.337 e. The van der Waals surface area contributed by atoms with Gasteiger partial charge < -0.3 is 15.4 Å². The van der Waals surface area contributed by atoms with Crippen LogP contribution in [-0.2, 0) is 4.74 Å². The average molecular weight is 383 g/mol. The van der Waals surface area contributed by atoms with E-state index in [0.29, 0.717) is 27.8 Å². The molecular formula is C19H15ClN4O3. The minimum atomic E-state index is -0.434. The van der Waals surface area contributed by atoms with E-state index in [-0.39, 0.29) is 5.69 Å². The molecule has 3 rings (SSSR count). The molecule has 1 heterocycles. The molecule has 3 aromatic rings. The zero-order valence-corrected chi connectivity index (χ0v) is 15.0. The van der Waals surface area contributed by atoms with Gasteiger partial charge in [0.05, 0.1) is 35.8 Å². The maximum absolute atomic E-state index is 12.2. The van der Waals surface area contributed by atoms with E-state index in [1.54, 1.807) is 48.5 Å². The molecule has 0 saturated carbocycles. The number of nitrogens with zero attached hydrogens (tertiary/aromatic N) is 2. The number of hydrogen-bond donors (Lipinski definition) is 2. The third-order valence-electron chi connectivity index (χ3n) is 3.56. The van der Waals surface area contributed by atoms with Gasteiger partial charge in [-0.2, -0.15) is 0 Å². The highest BCUT2D eigenvalue weighted by Crippen LogP contribution is 2.21. The van der Waals surface area contributed by atoms with E-state index in [0.717, 1.165) is 0 Å². The van der Waals surface area contributed by atoms with Crippen LogP contribution in [0.25, 0.3) is 0 Å². The highest BCUT2D eigenvalue weighted by molar-refractivity contribution is 6.33. The molecule has 0 aliphatic heterocycles. The lowest BCUT2D eigenvalue weighted by atomic mass is 10.2. The lowest BCUT2D eigenvalue weighted by Crippen LogP contribution is -2.14. The Morgan fingerprint density at radius 3 is 2.56 bits per heavy atom. The molecule has 1 aromatic heterocycles. The van der Waals surface area contributed by atoms with Crippen LogP contribution in [0.2, 0.25) is 5.02 Å². The van der Waals surface area contributed by atoms with Crippen molar-refractivity contribution >= 4 is 40.7 Å². The van der Waals surface area contributed by atoms with Gasteiger partial charge in [0.15, 0.2) is 0 Å². The number of rotatable bonds is 5. The monoisotopic (exact) mass is 382 g/mol. The minimum Gasteiger partial charge on any atom is -0.465 e. The SMILES string of the molecule is COC(=O)c1cccc(Nc2cnc(C(=O)Nc3ccccc3Cl)cn2)c1. The molecule has 8 heteroatoms. The lowest BCUT2D eigenvalue weighted by molar-refractivity contribution is 0.0600. The predicted octanol–water partition coefficient (Wildman–Crippen LogP) is 3.91. The number of benzene rings is 2. The Hall–Kier alpha value is -3.45. The standard InChI is InChI=1S/C19H15ClN4O3/c1-27-19(26)12-5-4-6-13(9-12)23-17-11-21-16(10-22-17)18(25)24-15-8-3-2-7-14(15)20/h2-11H,1H3,(H,22,23)(H,24,25). The molecule has 0 bridgehead atoms. The van der Waals surface area contributed by atoms with Crippen molar-refractivity contribution in [3.8, 4) is 0 Å². The molecule has 136 valence electrons. The summed E-state index contributed by atoms with van der Waals surface area (Å²) < 4.78 is 4.69. The summed E-state index contributed by atoms with van der Waals surface area (Å²) in [7, 11) is 1.32. The predicted molar refractivity (Wildman–Crippen MR) is 103 cm³/mol. The van der Waals surface area contributed by atoms with Crippen LogP contribution in [0, 0.1) is 0 Å². The van der Waals surface area contributed by atoms with Crippen molar-refractivity contribution in [1.82, 2.24) is 9.97 Å². The number of hydrogen-bond acceptors (Lipinski definition) is 6. The maximum atomic E-state index is 12.2. The second kappa shape index (κ2) is 8.29. The van der Waals surface area contributed by atoms with Gasteiger partial charge in [0.25, 0.3) is 5.91 Å². The molecule has 2 aromatic carbocycles. The fourth-order valence-electron chi connectivity index (χ4n) is 2.25. The first kappa shape index (κ1) is 18.3. The van der Waals surface area contributed by atoms with Gasteiger partial charge in [-0.05, 0) is 30.3 Å². The quantitative estimate of drug-likeness (QED) is 0.650. The van der Waals surface area contributed by atoms with Crippen molar-refractivity contribution in [3.05, 3.63) is 77.2 Å². The van der Waals surface area contributed by atoms with Crippen molar-refractivity contribution in [2.75, 3.05) is 17.7 Å². The number of halogens is 1. The van der Waals surface area contributed by atoms with Gasteiger partial charge in [0, 0.05) is 5.69 Å². The number of ether oxygens (including phenoxy) is 1. The van der Waals surface area contributed by atoms with Gasteiger partial charge >= 0.3 is 5.97 Å². The van der Waals surface area contributed by atoms with Gasteiger partial charge in [-0.15, -0.1) is 0 Å². The van der Waals surface area contributed by atoms with Gasteiger partial charge in [-0.1, -0.05) is 29.8 Å². The Labute approximate surface area is 160 Å². The first-order chi connectivity index (χ1) is 13.1. The number of aromatic nitrogens is 2. The highest BCUT2D eigenvalue weighted by atomic mass is 35.5. The summed E-state index contributed by atoms with van der Waals surface area (Å²) in [5.41, 5.74) is 1.68. The average Bonchev–Trinajstić information content (AvgIpc) is 2.70. The van der Waals surface area contributed by atoms with E-state index in [1.165, 1.54) is 19.5 Å². The van der Waals surface area contributed by atoms with E-state index in [1.807, 2.05) is 0 Å². The summed E-state index contributed by atoms with van der Waals surface area (Å²) in [5.74, 6) is -0.433. The van der Waals surface area contributed by atoms with Crippen LogP contribution < -0.4 is 10.6 Å². The van der Waals surface area contributed by atoms with Gasteiger partial charge in [-0.3, -0.25) is 4.79 Å². The number of carbonyl (C=O) groups is 2. The molecule has 0 saturated heterocycles. The summed E-state index contributed by atoms with van der Waals surface area (Å²) in [5, 5.41) is 6.12. The number of carbonyl (C=O) groups excluding carboxylic acids is 2. The summed E-state index contributed by atoms with van der Waals surface area (Å²) in [4.78, 5) is 32.1. The Morgan fingerprint density at radius 1 is 1.04 bits per heavy atom. The largest absolute Gasteiger partial charge is 0.465 e. The molecule has 0 fully saturated rings. The fraction of sp³-hybridized carbons (Fsp3) is 0.0526. The Bertz CT molecular complexity index is 977. The van der Waals surface area contributed by atoms with Crippen molar-refractivity contribution in [1.29, 1.82) is 0 Å². The van der Waals surface area contributed by atoms with Crippen molar-refractivity contribution in [2.45, 2.75) is 0 Å². The summed E-state index contributed by atoms with van der Waals surface area (Å²) in [6, 6.07) is 13.7. The van der Waals surface area contributed by atoms with Crippen LogP contribution >= 0.6 is 11.6 Å². The van der Waals surface area contributed by atoms with E-state index < -0.39 is 11.9 Å². The lowest BCUT2D eigenvalue weighted by Gasteiger charge is -2.08. The van der Waals surface area contributed by atoms with Crippen molar-refractivity contribution in [2.24, 2.45) is 0 Å². The first-order valence-corrected chi connectivity index (χ1v) is 8.28. The molecule has 2 N–H and O–H groups in total. The third kappa shape index (κ3) is 4.59. The van der Waals surface area contributed by atoms with Crippen molar-refractivity contribution < 1.29 is 14.3 Å². The minimum absolute atomic E-state index is 0.142. The molecule has 0 aliphatic rings. The molecule has 0 aliphatic carbocycles. The number of methoxy groups -OCH3 is 1. The number of nitrogens with one attached hydrogen (secondary N) is 2. The zero-order valence-electron chi connectivity index (χ0n) is 14.3. The van der Waals surface area contributed by atoms with E-state index in [2.05, 4.69) is 20.6 Å². The summed E-state index contributed by atoms with van der Waals surface area (Å²) >= 11 is 6.02. The number of amides is 1. The Kier molecular flexibility index (Phi) is 5.63. The van der Waals surface area contributed by atoms with Crippen LogP contribution in [-0.4, -0.2) is 29.0 Å². The highest BCUT2D eigenvalue weighted by Gasteiger charge is 2.11. The smallest absolute Gasteiger partial charge is 0.337 e. The van der Waals surface area contributed by atoms with E-state index in [4.69, 9.17) is 16.3 Å². The van der Waals surface area contributed by atoms with Crippen LogP contribution in [0.1, 0.15) is 20.8 Å². The molecule has 7 nitrogen and oxygen atoms in total. The topological polar surface area (TPSA) is 93.2 Å². The van der Waals surface area contributed by atoms with Gasteiger partial charge in [-0.25, -0.2) is 14.8 Å². The molecule has 0 atom stereocenters. The molecule has 27 heavy (non-hydrogen) atoms. The number of esters is 1. The fourth-order valence-corrected chi connectivity index (χ4v) is 2.43. The van der Waals surface area contributed by atoms with Crippen LogP contribution in [0.15, 0.2) is 60.9 Å². The Balaban J connectivity index is 1.69. The number of para-hydroxylation sites is 1. The summed E-state index contributed by atoms with van der Waals surface area (Å²) in [6.45, 7) is 0. The molecule has 0 radical (unpaired) electrons. The third-order valence-corrected chi connectivity index (χ3v) is 3.89. The molecule has 0 spiro atoms. The van der Waals surface area contributed by atoms with Gasteiger partial charge in [0.1, 0.15) is 11.5 Å². The summed E-state index contributed by atoms with van der Waals surface area (Å²) in [6.07, 6.45) is 2.77. The molecule has 1 amide bonds. The number of anilines is 3. The van der Waals surface area contributed by atoms with Gasteiger partial charge in [0.2, 0.25) is 0 Å². The van der Waals surface area contributed by atoms with E-state index in [9.17, 15) is 9.59 Å². The van der Waals surface area contributed by atoms with E-state index >= 15 is 0 Å². The Morgan fingerprint density at radius 2 is 1.85 bits per heavy atom.